The molecule has 1 atom stereocenters. The summed E-state index contributed by atoms with van der Waals surface area (Å²) in [7, 11) is 0. The van der Waals surface area contributed by atoms with Gasteiger partial charge in [-0.25, -0.2) is 9.48 Å². The van der Waals surface area contributed by atoms with Crippen molar-refractivity contribution in [3.63, 3.8) is 0 Å². The van der Waals surface area contributed by atoms with Crippen molar-refractivity contribution < 1.29 is 9.53 Å². The standard InChI is InChI=1S/C17H18Cl2N4O2/c1-3-5-13-14(16(24)25-4-2)15(23-17(22-13)20-9-21-23)11-7-6-10(18)8-12(11)19/h6-9,15H,3-5H2,1-2H3,(H,20,21,22). The first-order valence-electron chi connectivity index (χ1n) is 8.08. The number of fused-ring (bicyclic) bond motifs is 1. The number of nitrogens with zero attached hydrogens (tertiary/aromatic N) is 3. The number of ether oxygens (including phenoxy) is 1. The third-order valence-corrected chi connectivity index (χ3v) is 4.49. The number of anilines is 1. The van der Waals surface area contributed by atoms with Gasteiger partial charge in [-0.05, 0) is 25.5 Å². The summed E-state index contributed by atoms with van der Waals surface area (Å²) in [6.45, 7) is 4.10. The second-order valence-electron chi connectivity index (χ2n) is 5.58. The van der Waals surface area contributed by atoms with Crippen LogP contribution in [-0.4, -0.2) is 27.3 Å². The van der Waals surface area contributed by atoms with E-state index in [-0.39, 0.29) is 6.61 Å². The number of esters is 1. The minimum atomic E-state index is -0.524. The first-order valence-corrected chi connectivity index (χ1v) is 8.84. The fourth-order valence-corrected chi connectivity index (χ4v) is 3.43. The third-order valence-electron chi connectivity index (χ3n) is 3.93. The van der Waals surface area contributed by atoms with Crippen LogP contribution in [0.4, 0.5) is 5.95 Å². The van der Waals surface area contributed by atoms with Crippen molar-refractivity contribution in [2.24, 2.45) is 0 Å². The molecule has 0 aliphatic carbocycles. The summed E-state index contributed by atoms with van der Waals surface area (Å²) in [6.07, 6.45) is 2.99. The van der Waals surface area contributed by atoms with Gasteiger partial charge in [-0.15, -0.1) is 0 Å². The van der Waals surface area contributed by atoms with Crippen molar-refractivity contribution >= 4 is 35.1 Å². The minimum Gasteiger partial charge on any atom is -0.463 e. The fourth-order valence-electron chi connectivity index (χ4n) is 2.92. The topological polar surface area (TPSA) is 69.0 Å². The molecule has 1 aliphatic rings. The molecule has 6 nitrogen and oxygen atoms in total. The van der Waals surface area contributed by atoms with E-state index in [0.717, 1.165) is 17.7 Å². The highest BCUT2D eigenvalue weighted by atomic mass is 35.5. The van der Waals surface area contributed by atoms with E-state index in [1.807, 2.05) is 6.92 Å². The molecule has 25 heavy (non-hydrogen) atoms. The molecule has 0 bridgehead atoms. The maximum atomic E-state index is 12.7. The second kappa shape index (κ2) is 7.45. The Labute approximate surface area is 155 Å². The monoisotopic (exact) mass is 380 g/mol. The normalized spacial score (nSPS) is 16.4. The largest absolute Gasteiger partial charge is 0.463 e. The zero-order chi connectivity index (χ0) is 18.0. The second-order valence-corrected chi connectivity index (χ2v) is 6.43. The number of allylic oxidation sites excluding steroid dienone is 1. The predicted octanol–water partition coefficient (Wildman–Crippen LogP) is 4.22. The van der Waals surface area contributed by atoms with Crippen LogP contribution >= 0.6 is 23.2 Å². The predicted molar refractivity (Wildman–Crippen MR) is 96.8 cm³/mol. The van der Waals surface area contributed by atoms with Crippen LogP contribution in [0, 0.1) is 0 Å². The summed E-state index contributed by atoms with van der Waals surface area (Å²) in [5.41, 5.74) is 1.99. The molecule has 8 heteroatoms. The molecule has 2 heterocycles. The van der Waals surface area contributed by atoms with Gasteiger partial charge >= 0.3 is 5.97 Å². The number of carbonyl (C=O) groups is 1. The Morgan fingerprint density at radius 1 is 1.36 bits per heavy atom. The Morgan fingerprint density at radius 3 is 2.84 bits per heavy atom. The number of hydrogen-bond acceptors (Lipinski definition) is 5. The molecule has 1 N–H and O–H groups in total. The SMILES string of the molecule is CCCC1=C(C(=O)OCC)C(c2ccc(Cl)cc2Cl)n2ncnc2N1. The average molecular weight is 381 g/mol. The van der Waals surface area contributed by atoms with E-state index in [1.165, 1.54) is 6.33 Å². The van der Waals surface area contributed by atoms with Gasteiger partial charge in [0.25, 0.3) is 0 Å². The summed E-state index contributed by atoms with van der Waals surface area (Å²) in [5.74, 6) is 0.170. The maximum absolute atomic E-state index is 12.7. The molecule has 132 valence electrons. The zero-order valence-electron chi connectivity index (χ0n) is 13.9. The van der Waals surface area contributed by atoms with E-state index in [9.17, 15) is 4.79 Å². The van der Waals surface area contributed by atoms with Gasteiger partial charge in [0.2, 0.25) is 5.95 Å². The summed E-state index contributed by atoms with van der Waals surface area (Å²) in [5, 5.41) is 8.45. The molecule has 0 saturated heterocycles. The molecule has 0 amide bonds. The highest BCUT2D eigenvalue weighted by Crippen LogP contribution is 2.39. The van der Waals surface area contributed by atoms with E-state index in [1.54, 1.807) is 29.8 Å². The molecule has 1 aromatic heterocycles. The maximum Gasteiger partial charge on any atom is 0.338 e. The van der Waals surface area contributed by atoms with Crippen LogP contribution in [-0.2, 0) is 9.53 Å². The van der Waals surface area contributed by atoms with Crippen LogP contribution < -0.4 is 5.32 Å². The molecule has 1 aromatic carbocycles. The van der Waals surface area contributed by atoms with Crippen LogP contribution in [0.5, 0.6) is 0 Å². The summed E-state index contributed by atoms with van der Waals surface area (Å²) < 4.78 is 6.94. The number of carbonyl (C=O) groups excluding carboxylic acids is 1. The summed E-state index contributed by atoms with van der Waals surface area (Å²) in [4.78, 5) is 17.0. The van der Waals surface area contributed by atoms with Crippen LogP contribution in [0.15, 0.2) is 35.8 Å². The van der Waals surface area contributed by atoms with Gasteiger partial charge in [-0.1, -0.05) is 42.6 Å². The van der Waals surface area contributed by atoms with Crippen molar-refractivity contribution in [1.82, 2.24) is 14.8 Å². The van der Waals surface area contributed by atoms with Crippen LogP contribution in [0.3, 0.4) is 0 Å². The third kappa shape index (κ3) is 3.37. The quantitative estimate of drug-likeness (QED) is 0.786. The molecular weight excluding hydrogens is 363 g/mol. The summed E-state index contributed by atoms with van der Waals surface area (Å²) >= 11 is 12.5. The van der Waals surface area contributed by atoms with Crippen molar-refractivity contribution in [3.8, 4) is 0 Å². The van der Waals surface area contributed by atoms with Gasteiger partial charge in [0.05, 0.1) is 12.2 Å². The number of aromatic nitrogens is 3. The lowest BCUT2D eigenvalue weighted by atomic mass is 9.94. The van der Waals surface area contributed by atoms with E-state index in [4.69, 9.17) is 27.9 Å². The van der Waals surface area contributed by atoms with Gasteiger partial charge in [0.1, 0.15) is 12.4 Å². The van der Waals surface area contributed by atoms with Gasteiger partial charge in [-0.3, -0.25) is 0 Å². The van der Waals surface area contributed by atoms with E-state index in [0.29, 0.717) is 28.0 Å². The van der Waals surface area contributed by atoms with Crippen molar-refractivity contribution in [2.75, 3.05) is 11.9 Å². The van der Waals surface area contributed by atoms with Gasteiger partial charge in [0.15, 0.2) is 0 Å². The highest BCUT2D eigenvalue weighted by Gasteiger charge is 2.36. The van der Waals surface area contributed by atoms with Crippen molar-refractivity contribution in [2.45, 2.75) is 32.7 Å². The summed E-state index contributed by atoms with van der Waals surface area (Å²) in [6, 6.07) is 4.67. The lowest BCUT2D eigenvalue weighted by Crippen LogP contribution is -2.30. The lowest BCUT2D eigenvalue weighted by molar-refractivity contribution is -0.139. The van der Waals surface area contributed by atoms with E-state index < -0.39 is 12.0 Å². The first kappa shape index (κ1) is 17.8. The molecular formula is C17H18Cl2N4O2. The molecule has 2 aromatic rings. The first-order chi connectivity index (χ1) is 12.1. The number of benzene rings is 1. The van der Waals surface area contributed by atoms with E-state index in [2.05, 4.69) is 15.4 Å². The van der Waals surface area contributed by atoms with Crippen LogP contribution in [0.2, 0.25) is 10.0 Å². The molecule has 0 saturated carbocycles. The van der Waals surface area contributed by atoms with Gasteiger partial charge in [-0.2, -0.15) is 10.1 Å². The van der Waals surface area contributed by atoms with Crippen LogP contribution in [0.1, 0.15) is 38.3 Å². The average Bonchev–Trinajstić information content (AvgIpc) is 3.02. The zero-order valence-corrected chi connectivity index (χ0v) is 15.4. The van der Waals surface area contributed by atoms with Gasteiger partial charge in [0, 0.05) is 21.3 Å². The number of nitrogens with one attached hydrogen (secondary N) is 1. The Morgan fingerprint density at radius 2 is 2.16 bits per heavy atom. The van der Waals surface area contributed by atoms with Crippen molar-refractivity contribution in [1.29, 1.82) is 0 Å². The molecule has 1 unspecified atom stereocenters. The Hall–Kier alpha value is -2.05. The number of halogens is 2. The number of hydrogen-bond donors (Lipinski definition) is 1. The molecule has 0 radical (unpaired) electrons. The van der Waals surface area contributed by atoms with Crippen molar-refractivity contribution in [3.05, 3.63) is 51.4 Å². The van der Waals surface area contributed by atoms with Gasteiger partial charge < -0.3 is 10.1 Å². The molecule has 0 fully saturated rings. The number of rotatable bonds is 5. The fraction of sp³-hybridized carbons (Fsp3) is 0.353. The smallest absolute Gasteiger partial charge is 0.338 e. The molecule has 0 spiro atoms. The molecule has 1 aliphatic heterocycles. The lowest BCUT2D eigenvalue weighted by Gasteiger charge is -2.29. The highest BCUT2D eigenvalue weighted by molar-refractivity contribution is 6.35. The molecule has 3 rings (SSSR count). The Balaban J connectivity index is 2.20. The van der Waals surface area contributed by atoms with E-state index >= 15 is 0 Å². The Bertz CT molecular complexity index is 832. The van der Waals surface area contributed by atoms with Crippen LogP contribution in [0.25, 0.3) is 0 Å². The minimum absolute atomic E-state index is 0.285. The Kier molecular flexibility index (Phi) is 5.30.